The smallest absolute Gasteiger partial charge is 0.335 e. The number of carbonyl (C=O) groups is 2. The molecule has 0 aromatic heterocycles. The standard InChI is InChI=1S/C22H31NO.C16H16O2.C4H6O6/c1-16(2)23(17(3)4)14-13-20(19-9-7-6-8-10-19)21-15-18(5)11-12-22(21)24;1-11-7-8-15-14(9-11)13(10-16(17)18-15)12-5-3-2-4-6-12;5-1(3(7)8)2(6)4(9)10/h6-12,15-17,20,24H,13-14H2,1-5H3;2-9,13,16-17H,10H2,1H3;1-2,5-6H,(H,7,8)(H,9,10)/t20-;;/m1../s1. The van der Waals surface area contributed by atoms with Crippen molar-refractivity contribution < 1.29 is 45.0 Å². The Morgan fingerprint density at radius 3 is 1.83 bits per heavy atom. The molecule has 52 heavy (non-hydrogen) atoms. The van der Waals surface area contributed by atoms with Gasteiger partial charge in [0.15, 0.2) is 18.5 Å². The van der Waals surface area contributed by atoms with Gasteiger partial charge in [0.25, 0.3) is 0 Å². The highest BCUT2D eigenvalue weighted by molar-refractivity contribution is 5.83. The summed E-state index contributed by atoms with van der Waals surface area (Å²) in [6, 6.07) is 33.9. The Hall–Kier alpha value is -4.74. The van der Waals surface area contributed by atoms with Crippen LogP contribution in [0.1, 0.15) is 85.8 Å². The fraction of sp³-hybridized carbons (Fsp3) is 0.381. The van der Waals surface area contributed by atoms with E-state index in [0.29, 0.717) is 24.3 Å². The Morgan fingerprint density at radius 1 is 0.769 bits per heavy atom. The van der Waals surface area contributed by atoms with Crippen LogP contribution in [0.5, 0.6) is 11.5 Å². The van der Waals surface area contributed by atoms with Gasteiger partial charge < -0.3 is 35.4 Å². The summed E-state index contributed by atoms with van der Waals surface area (Å²) >= 11 is 0. The average molecular weight is 716 g/mol. The van der Waals surface area contributed by atoms with Gasteiger partial charge in [0.1, 0.15) is 11.5 Å². The molecule has 0 aliphatic carbocycles. The van der Waals surface area contributed by atoms with Crippen LogP contribution in [0.4, 0.5) is 0 Å². The molecule has 0 fully saturated rings. The van der Waals surface area contributed by atoms with E-state index in [0.717, 1.165) is 24.3 Å². The number of aliphatic hydroxyl groups is 3. The Kier molecular flexibility index (Phi) is 15.8. The van der Waals surface area contributed by atoms with Crippen molar-refractivity contribution in [3.05, 3.63) is 130 Å². The van der Waals surface area contributed by atoms with E-state index in [1.54, 1.807) is 0 Å². The number of phenolic OH excluding ortho intramolecular Hbond substituents is 1. The van der Waals surface area contributed by atoms with Gasteiger partial charge in [-0.15, -0.1) is 0 Å². The summed E-state index contributed by atoms with van der Waals surface area (Å²) in [7, 11) is 0. The van der Waals surface area contributed by atoms with E-state index in [2.05, 4.69) is 95.0 Å². The minimum atomic E-state index is -2.27. The highest BCUT2D eigenvalue weighted by Crippen LogP contribution is 2.40. The fourth-order valence-electron chi connectivity index (χ4n) is 6.37. The first-order valence-electron chi connectivity index (χ1n) is 17.5. The highest BCUT2D eigenvalue weighted by Gasteiger charge is 2.30. The van der Waals surface area contributed by atoms with Crippen LogP contribution in [0.25, 0.3) is 0 Å². The maximum atomic E-state index is 10.4. The van der Waals surface area contributed by atoms with Crippen molar-refractivity contribution in [2.45, 2.75) is 96.8 Å². The first-order chi connectivity index (χ1) is 24.6. The number of hydrogen-bond acceptors (Lipinski definition) is 8. The second-order valence-corrected chi connectivity index (χ2v) is 13.6. The second-order valence-electron chi connectivity index (χ2n) is 13.6. The maximum Gasteiger partial charge on any atom is 0.335 e. The van der Waals surface area contributed by atoms with E-state index < -0.39 is 30.4 Å². The van der Waals surface area contributed by atoms with Crippen LogP contribution in [0.3, 0.4) is 0 Å². The summed E-state index contributed by atoms with van der Waals surface area (Å²) in [5.41, 5.74) is 7.11. The molecule has 0 spiro atoms. The van der Waals surface area contributed by atoms with Crippen molar-refractivity contribution in [1.29, 1.82) is 0 Å². The van der Waals surface area contributed by atoms with E-state index in [-0.39, 0.29) is 11.8 Å². The maximum absolute atomic E-state index is 10.4. The Morgan fingerprint density at radius 2 is 1.29 bits per heavy atom. The van der Waals surface area contributed by atoms with Crippen LogP contribution in [0.15, 0.2) is 97.1 Å². The Labute approximate surface area is 306 Å². The van der Waals surface area contributed by atoms with Crippen LogP contribution in [-0.4, -0.2) is 84.6 Å². The van der Waals surface area contributed by atoms with Gasteiger partial charge in [-0.1, -0.05) is 96.1 Å². The number of ether oxygens (including phenoxy) is 1. The summed E-state index contributed by atoms with van der Waals surface area (Å²) in [6.07, 6.45) is -3.64. The number of aliphatic carboxylic acids is 2. The molecule has 6 N–H and O–H groups in total. The minimum absolute atomic E-state index is 0.213. The predicted molar refractivity (Wildman–Crippen MR) is 201 cm³/mol. The van der Waals surface area contributed by atoms with Crippen molar-refractivity contribution >= 4 is 11.9 Å². The highest BCUT2D eigenvalue weighted by atomic mass is 16.6. The third-order valence-corrected chi connectivity index (χ3v) is 9.01. The minimum Gasteiger partial charge on any atom is -0.508 e. The predicted octanol–water partition coefficient (Wildman–Crippen LogP) is 6.45. The van der Waals surface area contributed by atoms with E-state index >= 15 is 0 Å². The number of rotatable bonds is 11. The van der Waals surface area contributed by atoms with Crippen LogP contribution in [0, 0.1) is 13.8 Å². The number of fused-ring (bicyclic) bond motifs is 1. The molecule has 5 atom stereocenters. The normalized spacial score (nSPS) is 16.7. The summed E-state index contributed by atoms with van der Waals surface area (Å²) in [6.45, 7) is 14.2. The lowest BCUT2D eigenvalue weighted by atomic mass is 9.85. The lowest BCUT2D eigenvalue weighted by Gasteiger charge is -2.32. The van der Waals surface area contributed by atoms with Gasteiger partial charge >= 0.3 is 11.9 Å². The molecule has 4 aromatic carbocycles. The molecule has 0 saturated heterocycles. The lowest BCUT2D eigenvalue weighted by Crippen LogP contribution is -2.39. The van der Waals surface area contributed by atoms with Crippen LogP contribution in [-0.2, 0) is 9.59 Å². The molecule has 0 saturated carbocycles. The van der Waals surface area contributed by atoms with Gasteiger partial charge in [0.2, 0.25) is 0 Å². The van der Waals surface area contributed by atoms with Gasteiger partial charge in [-0.25, -0.2) is 9.59 Å². The van der Waals surface area contributed by atoms with Gasteiger partial charge in [-0.3, -0.25) is 4.90 Å². The second kappa shape index (κ2) is 19.8. The molecular formula is C42H53NO9. The van der Waals surface area contributed by atoms with E-state index in [9.17, 15) is 19.8 Å². The van der Waals surface area contributed by atoms with E-state index in [1.165, 1.54) is 27.8 Å². The zero-order valence-corrected chi connectivity index (χ0v) is 30.8. The number of benzene rings is 4. The lowest BCUT2D eigenvalue weighted by molar-refractivity contribution is -0.165. The van der Waals surface area contributed by atoms with Crippen LogP contribution < -0.4 is 4.74 Å². The summed E-state index contributed by atoms with van der Waals surface area (Å²) < 4.78 is 5.49. The third-order valence-electron chi connectivity index (χ3n) is 9.01. The van der Waals surface area contributed by atoms with Gasteiger partial charge in [0.05, 0.1) is 0 Å². The Balaban J connectivity index is 0.000000229. The molecule has 4 aromatic rings. The van der Waals surface area contributed by atoms with Gasteiger partial charge in [-0.2, -0.15) is 0 Å². The number of phenols is 1. The largest absolute Gasteiger partial charge is 0.508 e. The Bertz CT molecular complexity index is 1690. The molecular weight excluding hydrogens is 662 g/mol. The van der Waals surface area contributed by atoms with Crippen LogP contribution >= 0.6 is 0 Å². The summed E-state index contributed by atoms with van der Waals surface area (Å²) in [5.74, 6) is -1.91. The number of carboxylic acids is 2. The topological polar surface area (TPSA) is 168 Å². The third kappa shape index (κ3) is 11.9. The van der Waals surface area contributed by atoms with Crippen molar-refractivity contribution in [1.82, 2.24) is 4.90 Å². The molecule has 1 aliphatic rings. The van der Waals surface area contributed by atoms with Crippen molar-refractivity contribution in [2.24, 2.45) is 0 Å². The van der Waals surface area contributed by atoms with E-state index in [1.807, 2.05) is 48.5 Å². The van der Waals surface area contributed by atoms with E-state index in [4.69, 9.17) is 25.2 Å². The van der Waals surface area contributed by atoms with Gasteiger partial charge in [0, 0.05) is 41.5 Å². The van der Waals surface area contributed by atoms with Crippen molar-refractivity contribution in [3.8, 4) is 11.5 Å². The zero-order chi connectivity index (χ0) is 38.5. The van der Waals surface area contributed by atoms with Crippen molar-refractivity contribution in [2.75, 3.05) is 6.54 Å². The number of hydrogen-bond donors (Lipinski definition) is 6. The molecule has 0 radical (unpaired) electrons. The average Bonchev–Trinajstić information content (AvgIpc) is 3.11. The number of aromatic hydroxyl groups is 1. The fourth-order valence-corrected chi connectivity index (χ4v) is 6.37. The summed E-state index contributed by atoms with van der Waals surface area (Å²) in [4.78, 5) is 22.1. The molecule has 1 aliphatic heterocycles. The molecule has 0 bridgehead atoms. The number of aryl methyl sites for hydroxylation is 2. The monoisotopic (exact) mass is 715 g/mol. The molecule has 4 unspecified atom stereocenters. The first-order valence-corrected chi connectivity index (χ1v) is 17.5. The van der Waals surface area contributed by atoms with Crippen molar-refractivity contribution in [3.63, 3.8) is 0 Å². The SMILES string of the molecule is Cc1ccc(O)c([C@H](CCN(C(C)C)C(C)C)c2ccccc2)c1.Cc1ccc2c(c1)C(c1ccccc1)CC(O)O2.O=C(O)C(O)C(O)C(=O)O. The van der Waals surface area contributed by atoms with Crippen LogP contribution in [0.2, 0.25) is 0 Å². The zero-order valence-electron chi connectivity index (χ0n) is 30.8. The number of carboxylic acid groups (broad SMARTS) is 2. The molecule has 10 nitrogen and oxygen atoms in total. The molecule has 280 valence electrons. The molecule has 5 rings (SSSR count). The molecule has 0 amide bonds. The molecule has 10 heteroatoms. The number of nitrogens with zero attached hydrogens (tertiary/aromatic N) is 1. The van der Waals surface area contributed by atoms with Gasteiger partial charge in [-0.05, 0) is 77.8 Å². The molecule has 1 heterocycles. The number of aliphatic hydroxyl groups excluding tert-OH is 3. The first kappa shape index (κ1) is 41.7. The summed E-state index contributed by atoms with van der Waals surface area (Å²) in [5, 5.41) is 52.8. The quantitative estimate of drug-likeness (QED) is 0.102.